The average molecular weight is 393 g/mol. The summed E-state index contributed by atoms with van der Waals surface area (Å²) in [7, 11) is 0. The third-order valence-electron chi connectivity index (χ3n) is 5.88. The zero-order valence-electron chi connectivity index (χ0n) is 14.7. The fraction of sp³-hybridized carbons (Fsp3) is 0.526. The van der Waals surface area contributed by atoms with E-state index < -0.39 is 12.1 Å². The van der Waals surface area contributed by atoms with E-state index in [1.165, 1.54) is 4.90 Å². The molecular weight excluding hydrogens is 372 g/mol. The van der Waals surface area contributed by atoms with E-state index >= 15 is 0 Å². The highest BCUT2D eigenvalue weighted by Gasteiger charge is 2.53. The standard InChI is InChI=1S/C19H21ClN2O5/c20-10-1-4-13-15(9-10)22(19(26)27)14-6-5-12(14)18(13)21(11-2-3-11)16(23)7-8-17(24)25/h1,4,9,11-12,14,18H,2-3,5-8H2,(H,24,25)(H,26,27)/t12-,14-,18?/m0/s1. The fourth-order valence-electron chi connectivity index (χ4n) is 4.46. The summed E-state index contributed by atoms with van der Waals surface area (Å²) in [6, 6.07) is 4.90. The SMILES string of the molecule is O=C(O)CCC(=O)N(C1CC1)C1c2ccc(Cl)cc2N(C(=O)O)[C@H]2CC[C@H]12. The summed E-state index contributed by atoms with van der Waals surface area (Å²) in [4.78, 5) is 38.9. The van der Waals surface area contributed by atoms with Gasteiger partial charge in [0.2, 0.25) is 5.91 Å². The molecule has 1 aliphatic heterocycles. The Morgan fingerprint density at radius 2 is 1.85 bits per heavy atom. The quantitative estimate of drug-likeness (QED) is 0.798. The van der Waals surface area contributed by atoms with Gasteiger partial charge in [0.15, 0.2) is 0 Å². The fourth-order valence-corrected chi connectivity index (χ4v) is 4.63. The molecule has 0 aromatic heterocycles. The number of hydrogen-bond acceptors (Lipinski definition) is 3. The van der Waals surface area contributed by atoms with E-state index in [-0.39, 0.29) is 42.8 Å². The van der Waals surface area contributed by atoms with E-state index in [9.17, 15) is 19.5 Å². The Bertz CT molecular complexity index is 809. The number of carboxylic acid groups (broad SMARTS) is 2. The van der Waals surface area contributed by atoms with Crippen LogP contribution in [0.4, 0.5) is 10.5 Å². The van der Waals surface area contributed by atoms with Crippen molar-refractivity contribution in [3.8, 4) is 0 Å². The van der Waals surface area contributed by atoms with Gasteiger partial charge >= 0.3 is 12.1 Å². The van der Waals surface area contributed by atoms with Gasteiger partial charge in [0, 0.05) is 29.4 Å². The van der Waals surface area contributed by atoms with Gasteiger partial charge in [0.05, 0.1) is 18.2 Å². The molecule has 2 N–H and O–H groups in total. The van der Waals surface area contributed by atoms with Crippen LogP contribution in [-0.2, 0) is 9.59 Å². The number of amides is 2. The molecule has 3 aliphatic rings. The second-order valence-electron chi connectivity index (χ2n) is 7.54. The first kappa shape index (κ1) is 18.1. The Labute approximate surface area is 161 Å². The van der Waals surface area contributed by atoms with Crippen molar-refractivity contribution in [2.24, 2.45) is 5.92 Å². The highest BCUT2D eigenvalue weighted by atomic mass is 35.5. The first-order chi connectivity index (χ1) is 12.9. The monoisotopic (exact) mass is 392 g/mol. The summed E-state index contributed by atoms with van der Waals surface area (Å²) in [5.74, 6) is -1.13. The second kappa shape index (κ2) is 6.71. The van der Waals surface area contributed by atoms with Crippen LogP contribution in [0.3, 0.4) is 0 Å². The summed E-state index contributed by atoms with van der Waals surface area (Å²) < 4.78 is 0. The van der Waals surface area contributed by atoms with Gasteiger partial charge in [-0.05, 0) is 43.4 Å². The van der Waals surface area contributed by atoms with E-state index in [2.05, 4.69) is 0 Å². The van der Waals surface area contributed by atoms with Crippen LogP contribution in [0, 0.1) is 5.92 Å². The summed E-state index contributed by atoms with van der Waals surface area (Å²) in [6.45, 7) is 0. The maximum Gasteiger partial charge on any atom is 0.412 e. The second-order valence-corrected chi connectivity index (χ2v) is 7.97. The molecule has 1 heterocycles. The molecular formula is C19H21ClN2O5. The summed E-state index contributed by atoms with van der Waals surface area (Å²) >= 11 is 6.13. The van der Waals surface area contributed by atoms with Gasteiger partial charge in [-0.3, -0.25) is 14.5 Å². The minimum Gasteiger partial charge on any atom is -0.481 e. The van der Waals surface area contributed by atoms with Crippen molar-refractivity contribution < 1.29 is 24.6 Å². The van der Waals surface area contributed by atoms with Crippen LogP contribution in [0.5, 0.6) is 0 Å². The van der Waals surface area contributed by atoms with Gasteiger partial charge in [-0.1, -0.05) is 17.7 Å². The van der Waals surface area contributed by atoms with Crippen molar-refractivity contribution in [1.82, 2.24) is 4.90 Å². The molecule has 2 aliphatic carbocycles. The van der Waals surface area contributed by atoms with Crippen molar-refractivity contribution in [3.05, 3.63) is 28.8 Å². The number of fused-ring (bicyclic) bond motifs is 2. The Hall–Kier alpha value is -2.28. The molecule has 0 bridgehead atoms. The number of rotatable bonds is 5. The van der Waals surface area contributed by atoms with Gasteiger partial charge in [0.1, 0.15) is 0 Å². The third-order valence-corrected chi connectivity index (χ3v) is 6.12. The molecule has 7 nitrogen and oxygen atoms in total. The number of carbonyl (C=O) groups excluding carboxylic acids is 1. The topological polar surface area (TPSA) is 98.2 Å². The predicted molar refractivity (Wildman–Crippen MR) is 97.9 cm³/mol. The number of anilines is 1. The first-order valence-electron chi connectivity index (χ1n) is 9.23. The lowest BCUT2D eigenvalue weighted by molar-refractivity contribution is -0.143. The van der Waals surface area contributed by atoms with E-state index in [0.717, 1.165) is 31.2 Å². The molecule has 1 unspecified atom stereocenters. The van der Waals surface area contributed by atoms with Gasteiger partial charge in [-0.2, -0.15) is 0 Å². The van der Waals surface area contributed by atoms with Crippen molar-refractivity contribution in [2.75, 3.05) is 4.90 Å². The summed E-state index contributed by atoms with van der Waals surface area (Å²) in [5.41, 5.74) is 1.33. The minimum absolute atomic E-state index is 0.0316. The zero-order chi connectivity index (χ0) is 19.3. The largest absolute Gasteiger partial charge is 0.481 e. The third kappa shape index (κ3) is 3.14. The van der Waals surface area contributed by atoms with Crippen LogP contribution in [0.25, 0.3) is 0 Å². The van der Waals surface area contributed by atoms with Crippen LogP contribution in [0.1, 0.15) is 50.1 Å². The molecule has 0 spiro atoms. The number of carbonyl (C=O) groups is 3. The van der Waals surface area contributed by atoms with Crippen LogP contribution >= 0.6 is 11.6 Å². The van der Waals surface area contributed by atoms with E-state index in [1.807, 2.05) is 11.0 Å². The molecule has 3 atom stereocenters. The van der Waals surface area contributed by atoms with Crippen molar-refractivity contribution >= 4 is 35.3 Å². The molecule has 0 saturated heterocycles. The molecule has 2 fully saturated rings. The Morgan fingerprint density at radius 3 is 2.41 bits per heavy atom. The van der Waals surface area contributed by atoms with Gasteiger partial charge in [0.25, 0.3) is 0 Å². The van der Waals surface area contributed by atoms with Crippen molar-refractivity contribution in [3.63, 3.8) is 0 Å². The van der Waals surface area contributed by atoms with Crippen LogP contribution in [0.15, 0.2) is 18.2 Å². The van der Waals surface area contributed by atoms with Gasteiger partial charge in [-0.15, -0.1) is 0 Å². The number of carboxylic acids is 1. The van der Waals surface area contributed by atoms with Crippen molar-refractivity contribution in [2.45, 2.75) is 56.7 Å². The lowest BCUT2D eigenvalue weighted by atomic mass is 9.68. The molecule has 1 aromatic rings. The minimum atomic E-state index is -1.01. The molecule has 0 radical (unpaired) electrons. The molecule has 1 aromatic carbocycles. The maximum absolute atomic E-state index is 12.9. The number of aliphatic carboxylic acids is 1. The first-order valence-corrected chi connectivity index (χ1v) is 9.61. The van der Waals surface area contributed by atoms with E-state index in [1.54, 1.807) is 12.1 Å². The molecule has 2 saturated carbocycles. The predicted octanol–water partition coefficient (Wildman–Crippen LogP) is 3.51. The molecule has 27 heavy (non-hydrogen) atoms. The van der Waals surface area contributed by atoms with Crippen LogP contribution in [0.2, 0.25) is 5.02 Å². The number of hydrogen-bond donors (Lipinski definition) is 2. The normalized spacial score (nSPS) is 25.8. The molecule has 4 rings (SSSR count). The highest BCUT2D eigenvalue weighted by molar-refractivity contribution is 6.31. The lowest BCUT2D eigenvalue weighted by Crippen LogP contribution is -2.59. The smallest absolute Gasteiger partial charge is 0.412 e. The number of halogens is 1. The highest BCUT2D eigenvalue weighted by Crippen LogP contribution is 2.54. The molecule has 144 valence electrons. The van der Waals surface area contributed by atoms with E-state index in [0.29, 0.717) is 10.7 Å². The maximum atomic E-state index is 12.9. The summed E-state index contributed by atoms with van der Waals surface area (Å²) in [6.07, 6.45) is 2.15. The van der Waals surface area contributed by atoms with Gasteiger partial charge in [-0.25, -0.2) is 4.79 Å². The zero-order valence-corrected chi connectivity index (χ0v) is 15.4. The summed E-state index contributed by atoms with van der Waals surface area (Å²) in [5, 5.41) is 19.1. The van der Waals surface area contributed by atoms with Crippen LogP contribution in [-0.4, -0.2) is 45.2 Å². The Balaban J connectivity index is 1.74. The molecule has 2 amide bonds. The van der Waals surface area contributed by atoms with E-state index in [4.69, 9.17) is 16.7 Å². The Morgan fingerprint density at radius 1 is 1.11 bits per heavy atom. The lowest BCUT2D eigenvalue weighted by Gasteiger charge is -2.54. The average Bonchev–Trinajstić information content (AvgIpc) is 3.39. The van der Waals surface area contributed by atoms with Crippen molar-refractivity contribution in [1.29, 1.82) is 0 Å². The number of nitrogens with zero attached hydrogens (tertiary/aromatic N) is 2. The molecule has 8 heteroatoms. The Kier molecular flexibility index (Phi) is 4.50. The van der Waals surface area contributed by atoms with Gasteiger partial charge < -0.3 is 15.1 Å². The number of benzene rings is 1. The van der Waals surface area contributed by atoms with Crippen LogP contribution < -0.4 is 4.90 Å².